The van der Waals surface area contributed by atoms with Gasteiger partial charge in [0, 0.05) is 12.2 Å². The van der Waals surface area contributed by atoms with E-state index in [4.69, 9.17) is 4.74 Å². The van der Waals surface area contributed by atoms with E-state index in [9.17, 15) is 8.78 Å². The molecule has 2 rings (SSSR count). The third-order valence-electron chi connectivity index (χ3n) is 2.98. The topological polar surface area (TPSA) is 30.5 Å². The first-order chi connectivity index (χ1) is 10.2. The monoisotopic (exact) mass is 293 g/mol. The summed E-state index contributed by atoms with van der Waals surface area (Å²) in [6, 6.07) is 14.3. The van der Waals surface area contributed by atoms with E-state index >= 15 is 0 Å². The van der Waals surface area contributed by atoms with Gasteiger partial charge in [0.1, 0.15) is 11.5 Å². The van der Waals surface area contributed by atoms with Gasteiger partial charge in [-0.3, -0.25) is 0 Å². The zero-order chi connectivity index (χ0) is 15.1. The number of halogens is 2. The van der Waals surface area contributed by atoms with E-state index in [1.165, 1.54) is 17.7 Å². The van der Waals surface area contributed by atoms with Gasteiger partial charge in [0.15, 0.2) is 0 Å². The predicted octanol–water partition coefficient (Wildman–Crippen LogP) is 3.95. The van der Waals surface area contributed by atoms with Crippen LogP contribution in [0.3, 0.4) is 0 Å². The fourth-order valence-corrected chi connectivity index (χ4v) is 1.90. The van der Waals surface area contributed by atoms with E-state index in [2.05, 4.69) is 10.1 Å². The van der Waals surface area contributed by atoms with Crippen LogP contribution in [0.4, 0.5) is 14.5 Å². The molecule has 21 heavy (non-hydrogen) atoms. The largest absolute Gasteiger partial charge is 0.497 e. The number of hydrogen-bond donors (Lipinski definition) is 1. The zero-order valence-corrected chi connectivity index (χ0v) is 11.7. The van der Waals surface area contributed by atoms with E-state index in [-0.39, 0.29) is 5.75 Å². The first kappa shape index (κ1) is 15.1. The van der Waals surface area contributed by atoms with Crippen LogP contribution < -0.4 is 14.8 Å². The molecule has 0 radical (unpaired) electrons. The lowest BCUT2D eigenvalue weighted by atomic mass is 10.1. The van der Waals surface area contributed by atoms with Crippen molar-refractivity contribution in [2.24, 2.45) is 0 Å². The summed E-state index contributed by atoms with van der Waals surface area (Å²) in [4.78, 5) is 0. The average molecular weight is 293 g/mol. The smallest absolute Gasteiger partial charge is 0.387 e. The number of anilines is 1. The van der Waals surface area contributed by atoms with E-state index < -0.39 is 6.61 Å². The molecule has 0 aromatic heterocycles. The van der Waals surface area contributed by atoms with Crippen molar-refractivity contribution in [3.05, 3.63) is 54.1 Å². The van der Waals surface area contributed by atoms with Crippen LogP contribution >= 0.6 is 0 Å². The minimum Gasteiger partial charge on any atom is -0.497 e. The second-order valence-electron chi connectivity index (χ2n) is 4.43. The van der Waals surface area contributed by atoms with E-state index in [1.807, 2.05) is 24.3 Å². The van der Waals surface area contributed by atoms with Crippen molar-refractivity contribution in [1.29, 1.82) is 0 Å². The Morgan fingerprint density at radius 1 is 0.952 bits per heavy atom. The molecule has 5 heteroatoms. The van der Waals surface area contributed by atoms with Gasteiger partial charge in [-0.05, 0) is 48.4 Å². The van der Waals surface area contributed by atoms with Crippen LogP contribution in [0.15, 0.2) is 48.5 Å². The molecule has 0 heterocycles. The Hall–Kier alpha value is -2.30. The van der Waals surface area contributed by atoms with Gasteiger partial charge in [0.25, 0.3) is 0 Å². The Bertz CT molecular complexity index is 541. The van der Waals surface area contributed by atoms with E-state index in [0.29, 0.717) is 0 Å². The molecule has 0 bridgehead atoms. The number of ether oxygens (including phenoxy) is 2. The van der Waals surface area contributed by atoms with Crippen LogP contribution in [0.25, 0.3) is 0 Å². The van der Waals surface area contributed by atoms with Gasteiger partial charge in [-0.15, -0.1) is 0 Å². The molecule has 0 aliphatic heterocycles. The maximum atomic E-state index is 12.0. The van der Waals surface area contributed by atoms with Gasteiger partial charge in [-0.25, -0.2) is 0 Å². The summed E-state index contributed by atoms with van der Waals surface area (Å²) < 4.78 is 33.4. The molecule has 3 nitrogen and oxygen atoms in total. The van der Waals surface area contributed by atoms with Crippen molar-refractivity contribution in [1.82, 2.24) is 0 Å². The van der Waals surface area contributed by atoms with Crippen molar-refractivity contribution in [2.75, 3.05) is 19.0 Å². The molecule has 0 unspecified atom stereocenters. The fourth-order valence-electron chi connectivity index (χ4n) is 1.90. The molecule has 0 fully saturated rings. The fraction of sp³-hybridized carbons (Fsp3) is 0.250. The maximum Gasteiger partial charge on any atom is 0.387 e. The third kappa shape index (κ3) is 4.95. The van der Waals surface area contributed by atoms with Gasteiger partial charge in [-0.2, -0.15) is 8.78 Å². The number of benzene rings is 2. The molecule has 2 aromatic rings. The van der Waals surface area contributed by atoms with Gasteiger partial charge in [0.2, 0.25) is 0 Å². The van der Waals surface area contributed by atoms with Crippen LogP contribution in [0.2, 0.25) is 0 Å². The first-order valence-corrected chi connectivity index (χ1v) is 6.59. The maximum absolute atomic E-state index is 12.0. The molecule has 0 amide bonds. The summed E-state index contributed by atoms with van der Waals surface area (Å²) in [6.07, 6.45) is 0.860. The van der Waals surface area contributed by atoms with Crippen molar-refractivity contribution in [2.45, 2.75) is 13.0 Å². The quantitative estimate of drug-likeness (QED) is 0.838. The lowest BCUT2D eigenvalue weighted by Crippen LogP contribution is -2.05. The minimum atomic E-state index is -2.79. The Labute approximate surface area is 122 Å². The van der Waals surface area contributed by atoms with Gasteiger partial charge < -0.3 is 14.8 Å². The molecule has 0 saturated carbocycles. The number of methoxy groups -OCH3 is 1. The predicted molar refractivity (Wildman–Crippen MR) is 78.3 cm³/mol. The summed E-state index contributed by atoms with van der Waals surface area (Å²) in [7, 11) is 1.64. The number of rotatable bonds is 7. The highest BCUT2D eigenvalue weighted by Crippen LogP contribution is 2.18. The molecule has 112 valence electrons. The number of hydrogen-bond acceptors (Lipinski definition) is 3. The molecule has 1 N–H and O–H groups in total. The second kappa shape index (κ2) is 7.47. The lowest BCUT2D eigenvalue weighted by Gasteiger charge is -2.09. The van der Waals surface area contributed by atoms with E-state index in [0.717, 1.165) is 24.4 Å². The van der Waals surface area contributed by atoms with Crippen LogP contribution in [0, 0.1) is 0 Å². The van der Waals surface area contributed by atoms with Crippen LogP contribution in [0.1, 0.15) is 5.56 Å². The summed E-state index contributed by atoms with van der Waals surface area (Å²) in [5.41, 5.74) is 2.06. The molecule has 0 aliphatic rings. The number of alkyl halides is 2. The highest BCUT2D eigenvalue weighted by Gasteiger charge is 2.03. The van der Waals surface area contributed by atoms with Crippen molar-refractivity contribution < 1.29 is 18.3 Å². The second-order valence-corrected chi connectivity index (χ2v) is 4.43. The Balaban J connectivity index is 1.79. The molecular weight excluding hydrogens is 276 g/mol. The summed E-state index contributed by atoms with van der Waals surface area (Å²) in [5, 5.41) is 3.23. The van der Waals surface area contributed by atoms with Crippen molar-refractivity contribution >= 4 is 5.69 Å². The normalized spacial score (nSPS) is 10.5. The Kier molecular flexibility index (Phi) is 5.37. The molecular formula is C16H17F2NO2. The van der Waals surface area contributed by atoms with Crippen LogP contribution in [0.5, 0.6) is 11.5 Å². The molecule has 0 saturated heterocycles. The van der Waals surface area contributed by atoms with E-state index in [1.54, 1.807) is 19.2 Å². The number of nitrogens with one attached hydrogen (secondary N) is 1. The SMILES string of the molecule is COc1ccc(CCNc2ccc(OC(F)F)cc2)cc1. The third-order valence-corrected chi connectivity index (χ3v) is 2.98. The summed E-state index contributed by atoms with van der Waals surface area (Å²) in [5.74, 6) is 0.993. The highest BCUT2D eigenvalue weighted by molar-refractivity contribution is 5.46. The van der Waals surface area contributed by atoms with Crippen LogP contribution in [-0.2, 0) is 6.42 Å². The van der Waals surface area contributed by atoms with Crippen molar-refractivity contribution in [3.8, 4) is 11.5 Å². The Morgan fingerprint density at radius 2 is 1.57 bits per heavy atom. The average Bonchev–Trinajstić information content (AvgIpc) is 2.49. The molecule has 0 aliphatic carbocycles. The van der Waals surface area contributed by atoms with Crippen molar-refractivity contribution in [3.63, 3.8) is 0 Å². The summed E-state index contributed by atoms with van der Waals surface area (Å²) >= 11 is 0. The van der Waals surface area contributed by atoms with Gasteiger partial charge in [-0.1, -0.05) is 12.1 Å². The minimum absolute atomic E-state index is 0.158. The zero-order valence-electron chi connectivity index (χ0n) is 11.7. The lowest BCUT2D eigenvalue weighted by molar-refractivity contribution is -0.0498. The highest BCUT2D eigenvalue weighted by atomic mass is 19.3. The summed E-state index contributed by atoms with van der Waals surface area (Å²) in [6.45, 7) is -2.04. The van der Waals surface area contributed by atoms with Gasteiger partial charge >= 0.3 is 6.61 Å². The molecule has 0 spiro atoms. The molecule has 2 aromatic carbocycles. The molecule has 0 atom stereocenters. The standard InChI is InChI=1S/C16H17F2NO2/c1-20-14-6-2-12(3-7-14)10-11-19-13-4-8-15(9-5-13)21-16(17)18/h2-9,16,19H,10-11H2,1H3. The van der Waals surface area contributed by atoms with Gasteiger partial charge in [0.05, 0.1) is 7.11 Å². The first-order valence-electron chi connectivity index (χ1n) is 6.59. The van der Waals surface area contributed by atoms with Crippen LogP contribution in [-0.4, -0.2) is 20.3 Å². The Morgan fingerprint density at radius 3 is 2.14 bits per heavy atom.